The molecular formula is C32H39N7O2. The number of allylic oxidation sites excluding steroid dienone is 1. The quantitative estimate of drug-likeness (QED) is 0.440. The SMILES string of the molecule is CC.Cc1ccc(-n2nc(-c3ccc(CN4CCOCC4)cc3)cc2NC(=O)C2=C\N=CC/C=C\N(C)/N=C\2)cc1. The van der Waals surface area contributed by atoms with Gasteiger partial charge in [0.1, 0.15) is 5.82 Å². The fraction of sp³-hybridized carbons (Fsp3) is 0.312. The summed E-state index contributed by atoms with van der Waals surface area (Å²) < 4.78 is 7.21. The van der Waals surface area contributed by atoms with Gasteiger partial charge in [-0.15, -0.1) is 0 Å². The molecule has 0 radical (unpaired) electrons. The predicted octanol–water partition coefficient (Wildman–Crippen LogP) is 5.43. The smallest absolute Gasteiger partial charge is 0.260 e. The molecule has 5 rings (SSSR count). The first kappa shape index (κ1) is 29.6. The summed E-state index contributed by atoms with van der Waals surface area (Å²) in [6.07, 6.45) is 9.19. The fourth-order valence-corrected chi connectivity index (χ4v) is 4.29. The Bertz CT molecular complexity index is 1400. The Kier molecular flexibility index (Phi) is 10.8. The monoisotopic (exact) mass is 553 g/mol. The van der Waals surface area contributed by atoms with Gasteiger partial charge in [-0.3, -0.25) is 19.7 Å². The van der Waals surface area contributed by atoms with Gasteiger partial charge in [-0.2, -0.15) is 10.2 Å². The van der Waals surface area contributed by atoms with Crippen LogP contribution in [0.25, 0.3) is 16.9 Å². The minimum absolute atomic E-state index is 0.325. The van der Waals surface area contributed by atoms with Crippen molar-refractivity contribution in [2.75, 3.05) is 38.7 Å². The zero-order valence-corrected chi connectivity index (χ0v) is 24.3. The number of hydrogen-bond acceptors (Lipinski definition) is 7. The molecule has 0 spiro atoms. The maximum absolute atomic E-state index is 13.3. The minimum Gasteiger partial charge on any atom is -0.379 e. The summed E-state index contributed by atoms with van der Waals surface area (Å²) in [6.45, 7) is 10.4. The maximum atomic E-state index is 13.3. The second kappa shape index (κ2) is 14.9. The maximum Gasteiger partial charge on any atom is 0.260 e. The van der Waals surface area contributed by atoms with E-state index in [-0.39, 0.29) is 5.91 Å². The highest BCUT2D eigenvalue weighted by Crippen LogP contribution is 2.26. The molecule has 1 N–H and O–H groups in total. The number of carbonyl (C=O) groups is 1. The topological polar surface area (TPSA) is 87.3 Å². The number of benzene rings is 2. The fourth-order valence-electron chi connectivity index (χ4n) is 4.29. The molecule has 2 aliphatic heterocycles. The summed E-state index contributed by atoms with van der Waals surface area (Å²) in [5, 5.41) is 13.9. The molecule has 2 aliphatic rings. The van der Waals surface area contributed by atoms with E-state index < -0.39 is 0 Å². The molecule has 9 nitrogen and oxygen atoms in total. The molecule has 0 bridgehead atoms. The highest BCUT2D eigenvalue weighted by atomic mass is 16.5. The van der Waals surface area contributed by atoms with Gasteiger partial charge in [-0.1, -0.05) is 61.9 Å². The van der Waals surface area contributed by atoms with Crippen molar-refractivity contribution in [1.82, 2.24) is 19.7 Å². The number of amides is 1. The van der Waals surface area contributed by atoms with E-state index in [1.807, 2.05) is 70.4 Å². The van der Waals surface area contributed by atoms with E-state index >= 15 is 0 Å². The van der Waals surface area contributed by atoms with Crippen molar-refractivity contribution < 1.29 is 9.53 Å². The average molecular weight is 554 g/mol. The van der Waals surface area contributed by atoms with Gasteiger partial charge < -0.3 is 10.1 Å². The number of anilines is 1. The van der Waals surface area contributed by atoms with Gasteiger partial charge >= 0.3 is 0 Å². The summed E-state index contributed by atoms with van der Waals surface area (Å²) in [4.78, 5) is 20.0. The zero-order chi connectivity index (χ0) is 29.0. The van der Waals surface area contributed by atoms with E-state index in [9.17, 15) is 4.79 Å². The first-order chi connectivity index (χ1) is 20.0. The van der Waals surface area contributed by atoms with Gasteiger partial charge in [0.05, 0.1) is 36.4 Å². The van der Waals surface area contributed by atoms with Crippen LogP contribution in [-0.2, 0) is 16.1 Å². The van der Waals surface area contributed by atoms with Crippen LogP contribution >= 0.6 is 0 Å². The summed E-state index contributed by atoms with van der Waals surface area (Å²) in [5.74, 6) is 0.231. The Morgan fingerprint density at radius 1 is 1.02 bits per heavy atom. The molecule has 0 saturated carbocycles. The van der Waals surface area contributed by atoms with Crippen molar-refractivity contribution in [2.24, 2.45) is 10.1 Å². The number of nitrogens with zero attached hydrogens (tertiary/aromatic N) is 6. The van der Waals surface area contributed by atoms with Crippen molar-refractivity contribution in [3.8, 4) is 16.9 Å². The Hall–Kier alpha value is -4.34. The van der Waals surface area contributed by atoms with Gasteiger partial charge in [0.2, 0.25) is 0 Å². The first-order valence-corrected chi connectivity index (χ1v) is 14.1. The van der Waals surface area contributed by atoms with E-state index in [0.29, 0.717) is 17.8 Å². The van der Waals surface area contributed by atoms with Gasteiger partial charge in [0.15, 0.2) is 0 Å². The lowest BCUT2D eigenvalue weighted by Gasteiger charge is -2.26. The van der Waals surface area contributed by atoms with E-state index in [1.165, 1.54) is 18.0 Å². The van der Waals surface area contributed by atoms with E-state index in [0.717, 1.165) is 55.4 Å². The number of rotatable bonds is 6. The highest BCUT2D eigenvalue weighted by molar-refractivity contribution is 6.17. The van der Waals surface area contributed by atoms with Crippen molar-refractivity contribution in [3.63, 3.8) is 0 Å². The van der Waals surface area contributed by atoms with Crippen LogP contribution in [0.2, 0.25) is 0 Å². The van der Waals surface area contributed by atoms with Gasteiger partial charge in [0.25, 0.3) is 5.91 Å². The molecule has 1 amide bonds. The average Bonchev–Trinajstić information content (AvgIpc) is 3.42. The van der Waals surface area contributed by atoms with Crippen LogP contribution in [0.3, 0.4) is 0 Å². The van der Waals surface area contributed by atoms with E-state index in [4.69, 9.17) is 9.84 Å². The van der Waals surface area contributed by atoms with Gasteiger partial charge in [0, 0.05) is 63.3 Å². The summed E-state index contributed by atoms with van der Waals surface area (Å²) in [6, 6.07) is 18.4. The molecule has 1 fully saturated rings. The molecule has 0 unspecified atom stereocenters. The van der Waals surface area contributed by atoms with Gasteiger partial charge in [-0.05, 0) is 24.6 Å². The normalized spacial score (nSPS) is 18.4. The third-order valence-corrected chi connectivity index (χ3v) is 6.51. The zero-order valence-electron chi connectivity index (χ0n) is 24.3. The minimum atomic E-state index is -0.325. The third kappa shape index (κ3) is 8.33. The molecule has 3 aromatic rings. The first-order valence-electron chi connectivity index (χ1n) is 14.1. The number of carbonyl (C=O) groups excluding carboxylic acids is 1. The molecule has 3 heterocycles. The third-order valence-electron chi connectivity index (χ3n) is 6.51. The van der Waals surface area contributed by atoms with Crippen LogP contribution in [0.4, 0.5) is 5.82 Å². The van der Waals surface area contributed by atoms with Crippen LogP contribution in [0, 0.1) is 6.92 Å². The molecular weight excluding hydrogens is 514 g/mol. The number of hydrogen-bond donors (Lipinski definition) is 1. The number of aromatic nitrogens is 2. The summed E-state index contributed by atoms with van der Waals surface area (Å²) in [7, 11) is 1.81. The van der Waals surface area contributed by atoms with Crippen molar-refractivity contribution in [2.45, 2.75) is 33.7 Å². The Morgan fingerprint density at radius 3 is 2.49 bits per heavy atom. The van der Waals surface area contributed by atoms with E-state index in [1.54, 1.807) is 15.9 Å². The Balaban J connectivity index is 0.00000189. The number of hydrazone groups is 1. The number of ether oxygens (including phenoxy) is 1. The van der Waals surface area contributed by atoms with E-state index in [2.05, 4.69) is 44.6 Å². The van der Waals surface area contributed by atoms with Gasteiger partial charge in [-0.25, -0.2) is 4.68 Å². The summed E-state index contributed by atoms with van der Waals surface area (Å²) in [5.41, 5.74) is 5.31. The Labute approximate surface area is 242 Å². The van der Waals surface area contributed by atoms with Crippen molar-refractivity contribution in [3.05, 3.63) is 89.8 Å². The largest absolute Gasteiger partial charge is 0.379 e. The van der Waals surface area contributed by atoms with Crippen LogP contribution in [0.15, 0.2) is 88.7 Å². The highest BCUT2D eigenvalue weighted by Gasteiger charge is 2.17. The van der Waals surface area contributed by atoms with Crippen LogP contribution in [0.5, 0.6) is 0 Å². The molecule has 9 heteroatoms. The predicted molar refractivity (Wildman–Crippen MR) is 166 cm³/mol. The molecule has 0 aliphatic carbocycles. The molecule has 2 aromatic carbocycles. The molecule has 1 saturated heterocycles. The lowest BCUT2D eigenvalue weighted by Crippen LogP contribution is -2.35. The number of nitrogens with one attached hydrogen (secondary N) is 1. The van der Waals surface area contributed by atoms with Crippen molar-refractivity contribution in [1.29, 1.82) is 0 Å². The number of aryl methyl sites for hydroxylation is 1. The molecule has 1 aromatic heterocycles. The second-order valence-corrected chi connectivity index (χ2v) is 9.56. The lowest BCUT2D eigenvalue weighted by atomic mass is 10.1. The van der Waals surface area contributed by atoms with Crippen LogP contribution < -0.4 is 5.32 Å². The number of aliphatic imine (C=N–C) groups is 1. The van der Waals surface area contributed by atoms with Crippen molar-refractivity contribution >= 4 is 24.2 Å². The standard InChI is InChI=1S/C30H33N7O2.C2H6/c1-23-5-11-27(12-6-23)37-29(33-30(38)26-20-31-13-3-4-14-35(2)32-21-26)19-28(34-37)25-9-7-24(8-10-25)22-36-15-17-39-18-16-36;1-2/h4-14,19-21H,3,15-18,22H2,1-2H3,(H,33,38);1-2H3/b14-4-,26-20-,31-13?,32-21-;. The molecule has 0 atom stereocenters. The molecule has 41 heavy (non-hydrogen) atoms. The van der Waals surface area contributed by atoms with Crippen LogP contribution in [-0.4, -0.2) is 71.4 Å². The van der Waals surface area contributed by atoms with Crippen LogP contribution in [0.1, 0.15) is 31.4 Å². The number of morpholine rings is 1. The lowest BCUT2D eigenvalue weighted by molar-refractivity contribution is -0.112. The molecule has 214 valence electrons. The second-order valence-electron chi connectivity index (χ2n) is 9.56. The summed E-state index contributed by atoms with van der Waals surface area (Å²) >= 11 is 0. The Morgan fingerprint density at radius 2 is 1.76 bits per heavy atom.